The van der Waals surface area contributed by atoms with Gasteiger partial charge in [0.2, 0.25) is 0 Å². The molecule has 0 aromatic carbocycles. The summed E-state index contributed by atoms with van der Waals surface area (Å²) in [5, 5.41) is 1.17. The van der Waals surface area contributed by atoms with Gasteiger partial charge in [-0.05, 0) is 6.42 Å². The summed E-state index contributed by atoms with van der Waals surface area (Å²) in [6.07, 6.45) is 4.02. The summed E-state index contributed by atoms with van der Waals surface area (Å²) in [5.41, 5.74) is 0. The second-order valence-corrected chi connectivity index (χ2v) is 2.19. The summed E-state index contributed by atoms with van der Waals surface area (Å²) < 4.78 is 0. The maximum atomic E-state index is 3.35. The molecule has 0 aliphatic carbocycles. The van der Waals surface area contributed by atoms with Crippen LogP contribution in [0.15, 0.2) is 0 Å². The second kappa shape index (κ2) is 10.2. The fourth-order valence-corrected chi connectivity index (χ4v) is 0.741. The van der Waals surface area contributed by atoms with E-state index < -0.39 is 0 Å². The van der Waals surface area contributed by atoms with Gasteiger partial charge in [0.05, 0.1) is 0 Å². The smallest absolute Gasteiger partial charge is 0.00313 e. The van der Waals surface area contributed by atoms with Gasteiger partial charge in [0, 0.05) is 25.8 Å². The molecule has 0 aromatic heterocycles. The Morgan fingerprint density at radius 3 is 2.00 bits per heavy atom. The molecule has 48 valence electrons. The zero-order valence-corrected chi connectivity index (χ0v) is 7.66. The normalized spacial score (nSPS) is 7.71. The molecule has 0 rings (SSSR count). The molecule has 0 fully saturated rings. The zero-order valence-electron chi connectivity index (χ0n) is 4.52. The molecular formula is C5H11BrPd. The van der Waals surface area contributed by atoms with Gasteiger partial charge in [-0.3, -0.25) is 0 Å². The van der Waals surface area contributed by atoms with E-state index in [1.807, 2.05) is 0 Å². The Labute approximate surface area is 67.8 Å². The summed E-state index contributed by atoms with van der Waals surface area (Å²) in [4.78, 5) is 0. The van der Waals surface area contributed by atoms with Crippen LogP contribution in [0.3, 0.4) is 0 Å². The summed E-state index contributed by atoms with van der Waals surface area (Å²) in [7, 11) is 0. The largest absolute Gasteiger partial charge is 0.0928 e. The quantitative estimate of drug-likeness (QED) is 0.414. The van der Waals surface area contributed by atoms with Crippen LogP contribution < -0.4 is 0 Å². The maximum Gasteiger partial charge on any atom is 0.00313 e. The van der Waals surface area contributed by atoms with Crippen molar-refractivity contribution >= 4 is 15.9 Å². The van der Waals surface area contributed by atoms with Gasteiger partial charge in [-0.2, -0.15) is 0 Å². The number of halogens is 1. The van der Waals surface area contributed by atoms with E-state index in [4.69, 9.17) is 0 Å². The van der Waals surface area contributed by atoms with Crippen molar-refractivity contribution in [3.05, 3.63) is 0 Å². The van der Waals surface area contributed by atoms with Gasteiger partial charge < -0.3 is 0 Å². The Balaban J connectivity index is 0. The Morgan fingerprint density at radius 2 is 1.86 bits per heavy atom. The molecule has 0 N–H and O–H groups in total. The van der Waals surface area contributed by atoms with Crippen molar-refractivity contribution in [1.29, 1.82) is 0 Å². The van der Waals surface area contributed by atoms with Crippen molar-refractivity contribution in [2.45, 2.75) is 26.2 Å². The molecule has 7 heavy (non-hydrogen) atoms. The molecule has 0 aromatic rings. The van der Waals surface area contributed by atoms with Crippen LogP contribution in [0.2, 0.25) is 0 Å². The second-order valence-electron chi connectivity index (χ2n) is 1.40. The third-order valence-electron chi connectivity index (χ3n) is 0.737. The first-order valence-corrected chi connectivity index (χ1v) is 3.60. The molecule has 0 atom stereocenters. The minimum absolute atomic E-state index is 0. The van der Waals surface area contributed by atoms with Gasteiger partial charge in [0.1, 0.15) is 0 Å². The molecule has 2 heteroatoms. The summed E-state index contributed by atoms with van der Waals surface area (Å²) in [6.45, 7) is 2.21. The Kier molecular flexibility index (Phi) is 16.0. The number of rotatable bonds is 3. The van der Waals surface area contributed by atoms with Crippen molar-refractivity contribution < 1.29 is 20.4 Å². The molecule has 0 unspecified atom stereocenters. The Morgan fingerprint density at radius 1 is 1.29 bits per heavy atom. The van der Waals surface area contributed by atoms with Crippen molar-refractivity contribution in [2.24, 2.45) is 0 Å². The monoisotopic (exact) mass is 256 g/mol. The molecule has 0 spiro atoms. The maximum absolute atomic E-state index is 3.35. The Hall–Kier alpha value is 1.14. The fraction of sp³-hybridized carbons (Fsp3) is 1.00. The van der Waals surface area contributed by atoms with Gasteiger partial charge in [-0.25, -0.2) is 0 Å². The number of hydrogen-bond donors (Lipinski definition) is 0. The van der Waals surface area contributed by atoms with Gasteiger partial charge in [0.15, 0.2) is 0 Å². The molecule has 0 heterocycles. The SMILES string of the molecule is CCCCCBr.[Pd]. The van der Waals surface area contributed by atoms with Crippen LogP contribution in [0.1, 0.15) is 26.2 Å². The van der Waals surface area contributed by atoms with Crippen LogP contribution >= 0.6 is 15.9 Å². The standard InChI is InChI=1S/C5H11Br.Pd/c1-2-3-4-5-6;/h2-5H2,1H3;. The predicted molar refractivity (Wildman–Crippen MR) is 33.3 cm³/mol. The number of hydrogen-bond acceptors (Lipinski definition) is 0. The van der Waals surface area contributed by atoms with Crippen LogP contribution in [0.25, 0.3) is 0 Å². The molecule has 0 aliphatic rings. The van der Waals surface area contributed by atoms with Crippen LogP contribution in [0, 0.1) is 0 Å². The predicted octanol–water partition coefficient (Wildman–Crippen LogP) is 2.57. The molecule has 0 aliphatic heterocycles. The molecule has 0 saturated heterocycles. The van der Waals surface area contributed by atoms with E-state index in [0.717, 1.165) is 0 Å². The van der Waals surface area contributed by atoms with Gasteiger partial charge >= 0.3 is 0 Å². The number of unbranched alkanes of at least 4 members (excludes halogenated alkanes) is 2. The van der Waals surface area contributed by atoms with E-state index >= 15 is 0 Å². The molecule has 0 bridgehead atoms. The van der Waals surface area contributed by atoms with E-state index in [0.29, 0.717) is 0 Å². The third kappa shape index (κ3) is 11.0. The average molecular weight is 257 g/mol. The summed E-state index contributed by atoms with van der Waals surface area (Å²) >= 11 is 3.35. The van der Waals surface area contributed by atoms with Gasteiger partial charge in [-0.1, -0.05) is 35.7 Å². The minimum atomic E-state index is 0. The van der Waals surface area contributed by atoms with E-state index in [2.05, 4.69) is 22.9 Å². The fourth-order valence-electron chi connectivity index (χ4n) is 0.344. The van der Waals surface area contributed by atoms with Crippen molar-refractivity contribution in [2.75, 3.05) is 5.33 Å². The van der Waals surface area contributed by atoms with Crippen molar-refractivity contribution in [3.8, 4) is 0 Å². The first kappa shape index (κ1) is 11.0. The van der Waals surface area contributed by atoms with E-state index in [1.165, 1.54) is 24.6 Å². The molecular weight excluding hydrogens is 246 g/mol. The summed E-state index contributed by atoms with van der Waals surface area (Å²) in [5.74, 6) is 0. The first-order chi connectivity index (χ1) is 2.91. The summed E-state index contributed by atoms with van der Waals surface area (Å²) in [6, 6.07) is 0. The molecule has 0 nitrogen and oxygen atoms in total. The topological polar surface area (TPSA) is 0 Å². The van der Waals surface area contributed by atoms with E-state index in [-0.39, 0.29) is 20.4 Å². The molecule has 0 radical (unpaired) electrons. The van der Waals surface area contributed by atoms with Crippen LogP contribution in [-0.4, -0.2) is 5.33 Å². The zero-order chi connectivity index (χ0) is 4.83. The molecule has 0 amide bonds. The minimum Gasteiger partial charge on any atom is -0.0928 e. The van der Waals surface area contributed by atoms with Crippen LogP contribution in [0.4, 0.5) is 0 Å². The number of alkyl halides is 1. The van der Waals surface area contributed by atoms with E-state index in [1.54, 1.807) is 0 Å². The van der Waals surface area contributed by atoms with Crippen LogP contribution in [0.5, 0.6) is 0 Å². The van der Waals surface area contributed by atoms with Crippen LogP contribution in [-0.2, 0) is 20.4 Å². The Bertz CT molecular complexity index is 20.0. The first-order valence-electron chi connectivity index (χ1n) is 2.47. The third-order valence-corrected chi connectivity index (χ3v) is 1.30. The van der Waals surface area contributed by atoms with E-state index in [9.17, 15) is 0 Å². The molecule has 0 saturated carbocycles. The van der Waals surface area contributed by atoms with Gasteiger partial charge in [0.25, 0.3) is 0 Å². The van der Waals surface area contributed by atoms with Crippen molar-refractivity contribution in [1.82, 2.24) is 0 Å². The van der Waals surface area contributed by atoms with Crippen molar-refractivity contribution in [3.63, 3.8) is 0 Å². The van der Waals surface area contributed by atoms with Gasteiger partial charge in [-0.15, -0.1) is 0 Å². The average Bonchev–Trinajstić information content (AvgIpc) is 1.61.